The van der Waals surface area contributed by atoms with Crippen LogP contribution in [0, 0.1) is 0 Å². The quantitative estimate of drug-likeness (QED) is 0.749. The third kappa shape index (κ3) is 3.62. The second-order valence-electron chi connectivity index (χ2n) is 4.82. The topological polar surface area (TPSA) is 90.0 Å². The number of sulfone groups is 1. The zero-order chi connectivity index (χ0) is 14.6. The van der Waals surface area contributed by atoms with E-state index in [9.17, 15) is 8.42 Å². The number of unbranched alkanes of at least 4 members (excludes halogenated alkanes) is 1. The molecule has 110 valence electrons. The fraction of sp³-hybridized carbons (Fsp3) is 0.750. The number of nitrogens with two attached hydrogens (primary N) is 1. The predicted octanol–water partition coefficient (Wildman–Crippen LogP) is 2.05. The molecule has 1 aromatic heterocycles. The maximum Gasteiger partial charge on any atom is 0.182 e. The van der Waals surface area contributed by atoms with Gasteiger partial charge in [-0.3, -0.25) is 0 Å². The van der Waals surface area contributed by atoms with Crippen LogP contribution in [-0.2, 0) is 9.84 Å². The lowest BCUT2D eigenvalue weighted by molar-refractivity contribution is 0.485. The highest BCUT2D eigenvalue weighted by Crippen LogP contribution is 2.30. The van der Waals surface area contributed by atoms with E-state index in [0.29, 0.717) is 12.4 Å². The number of hydrogen-bond donors (Lipinski definition) is 2. The van der Waals surface area contributed by atoms with Crippen LogP contribution >= 0.6 is 0 Å². The van der Waals surface area contributed by atoms with Gasteiger partial charge in [0, 0.05) is 12.8 Å². The molecule has 1 unspecified atom stereocenters. The molecule has 6 nitrogen and oxygen atoms in total. The summed E-state index contributed by atoms with van der Waals surface area (Å²) >= 11 is 0. The van der Waals surface area contributed by atoms with Gasteiger partial charge in [0.1, 0.15) is 5.82 Å². The second kappa shape index (κ2) is 6.27. The SMILES string of the molecule is CCCCNc1nn(C(C)CC)c(N)c1S(C)(=O)=O. The first-order chi connectivity index (χ1) is 8.82. The standard InChI is InChI=1S/C12H24N4O2S/c1-5-7-8-14-12-10(19(4,17)18)11(13)16(15-12)9(3)6-2/h9H,5-8,13H2,1-4H3,(H,14,15). The molecule has 1 aromatic rings. The molecule has 0 fully saturated rings. The van der Waals surface area contributed by atoms with Crippen molar-refractivity contribution in [3.8, 4) is 0 Å². The van der Waals surface area contributed by atoms with Crippen LogP contribution in [0.2, 0.25) is 0 Å². The van der Waals surface area contributed by atoms with Crippen molar-refractivity contribution in [1.82, 2.24) is 9.78 Å². The third-order valence-electron chi connectivity index (χ3n) is 3.10. The number of rotatable bonds is 7. The molecule has 3 N–H and O–H groups in total. The van der Waals surface area contributed by atoms with Crippen LogP contribution in [0.1, 0.15) is 46.1 Å². The number of hydrogen-bond acceptors (Lipinski definition) is 5. The second-order valence-corrected chi connectivity index (χ2v) is 6.77. The summed E-state index contributed by atoms with van der Waals surface area (Å²) < 4.78 is 25.3. The Hall–Kier alpha value is -1.24. The average Bonchev–Trinajstić information content (AvgIpc) is 2.65. The normalized spacial score (nSPS) is 13.5. The molecule has 1 heterocycles. The molecule has 0 bridgehead atoms. The summed E-state index contributed by atoms with van der Waals surface area (Å²) in [6, 6.07) is 0.0715. The van der Waals surface area contributed by atoms with Gasteiger partial charge in [0.15, 0.2) is 20.6 Å². The van der Waals surface area contributed by atoms with Crippen LogP contribution in [0.3, 0.4) is 0 Å². The highest BCUT2D eigenvalue weighted by Gasteiger charge is 2.25. The summed E-state index contributed by atoms with van der Waals surface area (Å²) in [7, 11) is -3.39. The molecule has 0 saturated heterocycles. The van der Waals surface area contributed by atoms with Crippen molar-refractivity contribution in [1.29, 1.82) is 0 Å². The smallest absolute Gasteiger partial charge is 0.182 e. The summed E-state index contributed by atoms with van der Waals surface area (Å²) in [5.41, 5.74) is 5.95. The van der Waals surface area contributed by atoms with Crippen molar-refractivity contribution >= 4 is 21.5 Å². The molecule has 7 heteroatoms. The Morgan fingerprint density at radius 2 is 2.05 bits per heavy atom. The van der Waals surface area contributed by atoms with Crippen molar-refractivity contribution in [3.05, 3.63) is 0 Å². The van der Waals surface area contributed by atoms with Crippen molar-refractivity contribution in [2.75, 3.05) is 23.9 Å². The first kappa shape index (κ1) is 15.8. The van der Waals surface area contributed by atoms with E-state index in [0.717, 1.165) is 25.5 Å². The summed E-state index contributed by atoms with van der Waals surface area (Å²) in [6.07, 6.45) is 3.98. The third-order valence-corrected chi connectivity index (χ3v) is 4.25. The average molecular weight is 288 g/mol. The molecule has 1 rings (SSSR count). The van der Waals surface area contributed by atoms with Gasteiger partial charge in [0.05, 0.1) is 6.04 Å². The Morgan fingerprint density at radius 1 is 1.42 bits per heavy atom. The van der Waals surface area contributed by atoms with Gasteiger partial charge in [-0.15, -0.1) is 0 Å². The van der Waals surface area contributed by atoms with Crippen LogP contribution in [0.5, 0.6) is 0 Å². The van der Waals surface area contributed by atoms with Crippen molar-refractivity contribution in [3.63, 3.8) is 0 Å². The maximum absolute atomic E-state index is 11.9. The number of aromatic nitrogens is 2. The van der Waals surface area contributed by atoms with Gasteiger partial charge in [0.25, 0.3) is 0 Å². The van der Waals surface area contributed by atoms with E-state index in [1.807, 2.05) is 13.8 Å². The van der Waals surface area contributed by atoms with E-state index in [1.54, 1.807) is 4.68 Å². The molecule has 19 heavy (non-hydrogen) atoms. The number of nitrogens with one attached hydrogen (secondary N) is 1. The molecule has 0 aliphatic rings. The molecule has 1 atom stereocenters. The zero-order valence-electron chi connectivity index (χ0n) is 12.1. The molecule has 0 spiro atoms. The van der Waals surface area contributed by atoms with E-state index < -0.39 is 9.84 Å². The maximum atomic E-state index is 11.9. The van der Waals surface area contributed by atoms with Crippen molar-refractivity contribution in [2.24, 2.45) is 0 Å². The first-order valence-electron chi connectivity index (χ1n) is 6.64. The molecular weight excluding hydrogens is 264 g/mol. The van der Waals surface area contributed by atoms with E-state index in [1.165, 1.54) is 0 Å². The Balaban J connectivity index is 3.20. The first-order valence-corrected chi connectivity index (χ1v) is 8.53. The Labute approximate surface area is 115 Å². The summed E-state index contributed by atoms with van der Waals surface area (Å²) in [4.78, 5) is 0.115. The highest BCUT2D eigenvalue weighted by molar-refractivity contribution is 7.91. The number of anilines is 2. The minimum absolute atomic E-state index is 0.0715. The van der Waals surface area contributed by atoms with Crippen molar-refractivity contribution < 1.29 is 8.42 Å². The number of nitrogens with zero attached hydrogens (tertiary/aromatic N) is 2. The fourth-order valence-electron chi connectivity index (χ4n) is 1.81. The van der Waals surface area contributed by atoms with E-state index in [4.69, 9.17) is 5.73 Å². The van der Waals surface area contributed by atoms with Gasteiger partial charge in [-0.1, -0.05) is 20.3 Å². The predicted molar refractivity (Wildman–Crippen MR) is 78.1 cm³/mol. The molecule has 0 aliphatic heterocycles. The van der Waals surface area contributed by atoms with Gasteiger partial charge in [-0.2, -0.15) is 5.10 Å². The number of nitrogen functional groups attached to an aromatic ring is 1. The molecule has 0 saturated carbocycles. The summed E-state index contributed by atoms with van der Waals surface area (Å²) in [6.45, 7) is 6.74. The van der Waals surface area contributed by atoms with E-state index in [-0.39, 0.29) is 16.8 Å². The van der Waals surface area contributed by atoms with Crippen LogP contribution in [0.25, 0.3) is 0 Å². The van der Waals surface area contributed by atoms with Crippen LogP contribution in [-0.4, -0.2) is 31.0 Å². The minimum atomic E-state index is -3.39. The van der Waals surface area contributed by atoms with Gasteiger partial charge < -0.3 is 11.1 Å². The largest absolute Gasteiger partial charge is 0.383 e. The summed E-state index contributed by atoms with van der Waals surface area (Å²) in [5, 5.41) is 7.39. The molecule has 0 aliphatic carbocycles. The highest BCUT2D eigenvalue weighted by atomic mass is 32.2. The zero-order valence-corrected chi connectivity index (χ0v) is 12.9. The van der Waals surface area contributed by atoms with E-state index >= 15 is 0 Å². The molecule has 0 radical (unpaired) electrons. The molecule has 0 amide bonds. The van der Waals surface area contributed by atoms with Crippen LogP contribution in [0.4, 0.5) is 11.6 Å². The lowest BCUT2D eigenvalue weighted by atomic mass is 10.3. The van der Waals surface area contributed by atoms with Gasteiger partial charge in [0.2, 0.25) is 0 Å². The molecule has 0 aromatic carbocycles. The summed E-state index contributed by atoms with van der Waals surface area (Å²) in [5.74, 6) is 0.588. The Bertz CT molecular complexity index is 522. The molecular formula is C12H24N4O2S. The Kier molecular flexibility index (Phi) is 5.22. The van der Waals surface area contributed by atoms with Gasteiger partial charge in [-0.25, -0.2) is 13.1 Å². The van der Waals surface area contributed by atoms with Crippen LogP contribution in [0.15, 0.2) is 4.90 Å². The monoisotopic (exact) mass is 288 g/mol. The minimum Gasteiger partial charge on any atom is -0.383 e. The fourth-order valence-corrected chi connectivity index (χ4v) is 2.74. The van der Waals surface area contributed by atoms with Crippen molar-refractivity contribution in [2.45, 2.75) is 51.0 Å². The van der Waals surface area contributed by atoms with Gasteiger partial charge in [-0.05, 0) is 19.8 Å². The lowest BCUT2D eigenvalue weighted by Crippen LogP contribution is -2.10. The Morgan fingerprint density at radius 3 is 2.53 bits per heavy atom. The van der Waals surface area contributed by atoms with Gasteiger partial charge >= 0.3 is 0 Å². The lowest BCUT2D eigenvalue weighted by Gasteiger charge is -2.10. The van der Waals surface area contributed by atoms with Crippen LogP contribution < -0.4 is 11.1 Å². The van der Waals surface area contributed by atoms with E-state index in [2.05, 4.69) is 17.3 Å².